The van der Waals surface area contributed by atoms with Gasteiger partial charge in [-0.05, 0) is 49.1 Å². The molecule has 0 saturated heterocycles. The summed E-state index contributed by atoms with van der Waals surface area (Å²) in [4.78, 5) is 25.3. The fourth-order valence-electron chi connectivity index (χ4n) is 2.93. The van der Waals surface area contributed by atoms with E-state index < -0.39 is 29.7 Å². The highest BCUT2D eigenvalue weighted by atomic mass is 19.4. The number of alkyl halides is 3. The summed E-state index contributed by atoms with van der Waals surface area (Å²) in [6, 6.07) is 10.4. The Kier molecular flexibility index (Phi) is 7.06. The molecule has 0 heterocycles. The van der Waals surface area contributed by atoms with Gasteiger partial charge in [0.05, 0.1) is 11.6 Å². The highest BCUT2D eigenvalue weighted by molar-refractivity contribution is 5.98. The molecule has 2 amide bonds. The fourth-order valence-corrected chi connectivity index (χ4v) is 2.93. The van der Waals surface area contributed by atoms with Gasteiger partial charge in [-0.3, -0.25) is 9.59 Å². The molecule has 2 unspecified atom stereocenters. The molecule has 2 N–H and O–H groups in total. The first-order valence-electron chi connectivity index (χ1n) is 9.34. The van der Waals surface area contributed by atoms with E-state index in [-0.39, 0.29) is 11.8 Å². The Morgan fingerprint density at radius 2 is 1.48 bits per heavy atom. The van der Waals surface area contributed by atoms with E-state index in [1.807, 2.05) is 32.9 Å². The Bertz CT molecular complexity index is 861. The van der Waals surface area contributed by atoms with Crippen molar-refractivity contribution < 1.29 is 22.8 Å². The van der Waals surface area contributed by atoms with Crippen molar-refractivity contribution in [2.24, 2.45) is 5.92 Å². The Hall–Kier alpha value is -2.83. The molecule has 0 fully saturated rings. The van der Waals surface area contributed by atoms with Crippen molar-refractivity contribution in [2.75, 3.05) is 0 Å². The lowest BCUT2D eigenvalue weighted by Gasteiger charge is -2.24. The molecule has 0 aliphatic carbocycles. The third kappa shape index (κ3) is 5.82. The second kappa shape index (κ2) is 9.11. The number of hydrogen-bond acceptors (Lipinski definition) is 2. The molecule has 0 spiro atoms. The van der Waals surface area contributed by atoms with Crippen LogP contribution in [-0.2, 0) is 11.0 Å². The van der Waals surface area contributed by atoms with E-state index in [1.54, 1.807) is 19.1 Å². The minimum atomic E-state index is -4.41. The van der Waals surface area contributed by atoms with Crippen LogP contribution in [0.3, 0.4) is 0 Å². The van der Waals surface area contributed by atoms with Crippen LogP contribution >= 0.6 is 0 Å². The monoisotopic (exact) mass is 406 g/mol. The van der Waals surface area contributed by atoms with Gasteiger partial charge < -0.3 is 10.6 Å². The van der Waals surface area contributed by atoms with E-state index in [4.69, 9.17) is 0 Å². The van der Waals surface area contributed by atoms with Gasteiger partial charge in [-0.15, -0.1) is 0 Å². The largest absolute Gasteiger partial charge is 0.416 e. The number of aryl methyl sites for hydroxylation is 1. The van der Waals surface area contributed by atoms with Gasteiger partial charge in [-0.2, -0.15) is 13.2 Å². The van der Waals surface area contributed by atoms with E-state index in [0.717, 1.165) is 17.7 Å². The molecule has 7 heteroatoms. The number of halogens is 3. The summed E-state index contributed by atoms with van der Waals surface area (Å²) in [5.41, 5.74) is 1.08. The second-order valence-corrected chi connectivity index (χ2v) is 7.36. The first kappa shape index (κ1) is 22.5. The average molecular weight is 406 g/mol. The minimum absolute atomic E-state index is 0.178. The van der Waals surface area contributed by atoms with E-state index in [0.29, 0.717) is 11.1 Å². The van der Waals surface area contributed by atoms with Crippen LogP contribution in [0.5, 0.6) is 0 Å². The normalized spacial score (nSPS) is 13.7. The quantitative estimate of drug-likeness (QED) is 0.734. The van der Waals surface area contributed by atoms with Gasteiger partial charge >= 0.3 is 6.18 Å². The standard InChI is InChI=1S/C22H25F3N2O2/c1-13(2)19(27-20(28)18-8-6-5-7-14(18)3)21(29)26-15(4)16-9-11-17(12-10-16)22(23,24)25/h5-13,15,19H,1-4H3,(H,26,29)(H,27,28). The van der Waals surface area contributed by atoms with E-state index in [2.05, 4.69) is 10.6 Å². The summed E-state index contributed by atoms with van der Waals surface area (Å²) in [5, 5.41) is 5.53. The molecular weight excluding hydrogens is 381 g/mol. The Morgan fingerprint density at radius 3 is 2.00 bits per heavy atom. The summed E-state index contributed by atoms with van der Waals surface area (Å²) in [6.45, 7) is 7.11. The van der Waals surface area contributed by atoms with Crippen molar-refractivity contribution in [2.45, 2.75) is 46.0 Å². The first-order valence-corrected chi connectivity index (χ1v) is 9.34. The predicted octanol–water partition coefficient (Wildman–Crippen LogP) is 4.65. The number of carbonyl (C=O) groups is 2. The number of benzene rings is 2. The number of hydrogen-bond donors (Lipinski definition) is 2. The number of nitrogens with one attached hydrogen (secondary N) is 2. The molecule has 0 saturated carbocycles. The van der Waals surface area contributed by atoms with Crippen molar-refractivity contribution >= 4 is 11.8 Å². The van der Waals surface area contributed by atoms with Crippen molar-refractivity contribution in [3.05, 3.63) is 70.8 Å². The number of rotatable bonds is 6. The third-order valence-corrected chi connectivity index (χ3v) is 4.72. The third-order valence-electron chi connectivity index (χ3n) is 4.72. The maximum absolute atomic E-state index is 12.7. The zero-order valence-corrected chi connectivity index (χ0v) is 16.8. The van der Waals surface area contributed by atoms with Crippen LogP contribution in [0.1, 0.15) is 53.9 Å². The summed E-state index contributed by atoms with van der Waals surface area (Å²) in [7, 11) is 0. The maximum atomic E-state index is 12.7. The van der Waals surface area contributed by atoms with Crippen molar-refractivity contribution in [3.63, 3.8) is 0 Å². The zero-order chi connectivity index (χ0) is 21.8. The maximum Gasteiger partial charge on any atom is 0.416 e. The van der Waals surface area contributed by atoms with Crippen LogP contribution in [-0.4, -0.2) is 17.9 Å². The Morgan fingerprint density at radius 1 is 0.897 bits per heavy atom. The SMILES string of the molecule is Cc1ccccc1C(=O)NC(C(=O)NC(C)c1ccc(C(F)(F)F)cc1)C(C)C. The van der Waals surface area contributed by atoms with Gasteiger partial charge in [0, 0.05) is 5.56 Å². The molecule has 2 aromatic rings. The van der Waals surface area contributed by atoms with Crippen LogP contribution in [0.25, 0.3) is 0 Å². The van der Waals surface area contributed by atoms with Gasteiger partial charge in [-0.1, -0.05) is 44.2 Å². The average Bonchev–Trinajstić information content (AvgIpc) is 2.65. The molecule has 0 aromatic heterocycles. The first-order chi connectivity index (χ1) is 13.5. The van der Waals surface area contributed by atoms with E-state index in [1.165, 1.54) is 12.1 Å². The summed E-state index contributed by atoms with van der Waals surface area (Å²) in [5.74, 6) is -0.920. The van der Waals surface area contributed by atoms with Gasteiger partial charge in [0.25, 0.3) is 5.91 Å². The van der Waals surface area contributed by atoms with Crippen molar-refractivity contribution in [1.29, 1.82) is 0 Å². The molecule has 29 heavy (non-hydrogen) atoms. The molecule has 2 aromatic carbocycles. The number of carbonyl (C=O) groups excluding carboxylic acids is 2. The smallest absolute Gasteiger partial charge is 0.348 e. The fraction of sp³-hybridized carbons (Fsp3) is 0.364. The number of amides is 2. The Balaban J connectivity index is 2.09. The highest BCUT2D eigenvalue weighted by Crippen LogP contribution is 2.29. The van der Waals surface area contributed by atoms with Crippen LogP contribution in [0.4, 0.5) is 13.2 Å². The summed E-state index contributed by atoms with van der Waals surface area (Å²) >= 11 is 0. The lowest BCUT2D eigenvalue weighted by Crippen LogP contribution is -2.50. The van der Waals surface area contributed by atoms with Crippen molar-refractivity contribution in [1.82, 2.24) is 10.6 Å². The topological polar surface area (TPSA) is 58.2 Å². The molecule has 0 aliphatic heterocycles. The molecule has 0 radical (unpaired) electrons. The molecule has 0 bridgehead atoms. The van der Waals surface area contributed by atoms with Crippen LogP contribution < -0.4 is 10.6 Å². The summed E-state index contributed by atoms with van der Waals surface area (Å²) in [6.07, 6.45) is -4.41. The molecule has 2 atom stereocenters. The van der Waals surface area contributed by atoms with Gasteiger partial charge in [0.1, 0.15) is 6.04 Å². The zero-order valence-electron chi connectivity index (χ0n) is 16.8. The lowest BCUT2D eigenvalue weighted by atomic mass is 10.0. The highest BCUT2D eigenvalue weighted by Gasteiger charge is 2.30. The minimum Gasteiger partial charge on any atom is -0.348 e. The van der Waals surface area contributed by atoms with E-state index in [9.17, 15) is 22.8 Å². The second-order valence-electron chi connectivity index (χ2n) is 7.36. The predicted molar refractivity (Wildman–Crippen MR) is 105 cm³/mol. The van der Waals surface area contributed by atoms with Crippen LogP contribution in [0.2, 0.25) is 0 Å². The molecule has 0 aliphatic rings. The lowest BCUT2D eigenvalue weighted by molar-refractivity contribution is -0.137. The van der Waals surface area contributed by atoms with Gasteiger partial charge in [0.15, 0.2) is 0 Å². The Labute approximate surface area is 168 Å². The van der Waals surface area contributed by atoms with E-state index >= 15 is 0 Å². The van der Waals surface area contributed by atoms with Crippen LogP contribution in [0, 0.1) is 12.8 Å². The molecule has 4 nitrogen and oxygen atoms in total. The van der Waals surface area contributed by atoms with Gasteiger partial charge in [0.2, 0.25) is 5.91 Å². The van der Waals surface area contributed by atoms with Gasteiger partial charge in [-0.25, -0.2) is 0 Å². The van der Waals surface area contributed by atoms with Crippen LogP contribution in [0.15, 0.2) is 48.5 Å². The molecular formula is C22H25F3N2O2. The molecule has 2 rings (SSSR count). The molecule has 156 valence electrons. The summed E-state index contributed by atoms with van der Waals surface area (Å²) < 4.78 is 38.1. The van der Waals surface area contributed by atoms with Crippen molar-refractivity contribution in [3.8, 4) is 0 Å².